The lowest BCUT2D eigenvalue weighted by atomic mass is 10.2. The number of sulfone groups is 2. The molecule has 0 bridgehead atoms. The van der Waals surface area contributed by atoms with E-state index < -0.39 is 53.4 Å². The molecule has 6 nitrogen and oxygen atoms in total. The third-order valence-electron chi connectivity index (χ3n) is 2.71. The highest BCUT2D eigenvalue weighted by Crippen LogP contribution is 2.17. The van der Waals surface area contributed by atoms with Crippen LogP contribution in [-0.2, 0) is 19.7 Å². The predicted molar refractivity (Wildman–Crippen MR) is 74.4 cm³/mol. The summed E-state index contributed by atoms with van der Waals surface area (Å²) in [5.74, 6) is -3.99. The number of benzene rings is 1. The lowest BCUT2D eigenvalue weighted by Crippen LogP contribution is -2.20. The van der Waals surface area contributed by atoms with Crippen molar-refractivity contribution in [2.75, 3.05) is 17.3 Å². The van der Waals surface area contributed by atoms with Gasteiger partial charge in [0.05, 0.1) is 22.0 Å². The van der Waals surface area contributed by atoms with Gasteiger partial charge in [0.25, 0.3) is 0 Å². The van der Waals surface area contributed by atoms with Gasteiger partial charge in [-0.15, -0.1) is 0 Å². The quantitative estimate of drug-likeness (QED) is 0.747. The third-order valence-corrected chi connectivity index (χ3v) is 6.53. The first-order valence-electron chi connectivity index (χ1n) is 6.05. The molecule has 0 atom stereocenters. The van der Waals surface area contributed by atoms with Crippen LogP contribution in [0.1, 0.15) is 23.7 Å². The molecular weight excluding hydrogens is 323 g/mol. The van der Waals surface area contributed by atoms with Crippen LogP contribution in [0.3, 0.4) is 0 Å². The Bertz CT molecular complexity index is 737. The van der Waals surface area contributed by atoms with Crippen molar-refractivity contribution in [2.24, 2.45) is 0 Å². The molecule has 1 rings (SSSR count). The molecule has 0 spiro atoms. The Morgan fingerprint density at radius 1 is 1.14 bits per heavy atom. The Morgan fingerprint density at radius 3 is 2.29 bits per heavy atom. The third kappa shape index (κ3) is 4.78. The molecule has 0 heterocycles. The molecule has 0 aliphatic heterocycles. The molecule has 1 N–H and O–H groups in total. The fourth-order valence-corrected chi connectivity index (χ4v) is 5.16. The molecule has 21 heavy (non-hydrogen) atoms. The molecule has 0 unspecified atom stereocenters. The highest BCUT2D eigenvalue weighted by atomic mass is 32.2. The van der Waals surface area contributed by atoms with Crippen LogP contribution in [0.4, 0.5) is 4.39 Å². The molecule has 0 amide bonds. The van der Waals surface area contributed by atoms with Gasteiger partial charge >= 0.3 is 5.97 Å². The van der Waals surface area contributed by atoms with E-state index in [4.69, 9.17) is 5.11 Å². The average Bonchev–Trinajstić information content (AvgIpc) is 2.36. The maximum absolute atomic E-state index is 13.2. The SMILES string of the molecule is CCCS(=O)(=O)CCS(=O)(=O)c1ccc(F)c(C(=O)O)c1. The van der Waals surface area contributed by atoms with E-state index in [1.165, 1.54) is 0 Å². The summed E-state index contributed by atoms with van der Waals surface area (Å²) in [6, 6.07) is 2.35. The molecule has 1 aromatic rings. The number of aromatic carboxylic acids is 1. The molecule has 0 aliphatic rings. The second-order valence-electron chi connectivity index (χ2n) is 4.42. The summed E-state index contributed by atoms with van der Waals surface area (Å²) in [4.78, 5) is 10.4. The maximum atomic E-state index is 13.2. The minimum atomic E-state index is -3.99. The highest BCUT2D eigenvalue weighted by molar-refractivity contribution is 7.95. The first-order chi connectivity index (χ1) is 9.59. The van der Waals surface area contributed by atoms with E-state index in [0.717, 1.165) is 12.1 Å². The van der Waals surface area contributed by atoms with E-state index in [2.05, 4.69) is 0 Å². The van der Waals surface area contributed by atoms with Gasteiger partial charge in [-0.3, -0.25) is 0 Å². The number of rotatable bonds is 7. The van der Waals surface area contributed by atoms with Crippen LogP contribution < -0.4 is 0 Å². The van der Waals surface area contributed by atoms with E-state index in [1.54, 1.807) is 6.92 Å². The molecule has 0 aliphatic carbocycles. The van der Waals surface area contributed by atoms with Gasteiger partial charge in [0.2, 0.25) is 0 Å². The van der Waals surface area contributed by atoms with Gasteiger partial charge in [0, 0.05) is 5.75 Å². The standard InChI is InChI=1S/C12H15FO6S2/c1-2-5-20(16,17)6-7-21(18,19)9-3-4-11(13)10(8-9)12(14)15/h3-4,8H,2,5-7H2,1H3,(H,14,15). The average molecular weight is 338 g/mol. The van der Waals surface area contributed by atoms with E-state index in [0.29, 0.717) is 12.5 Å². The van der Waals surface area contributed by atoms with Gasteiger partial charge in [0.1, 0.15) is 5.82 Å². The predicted octanol–water partition coefficient (Wildman–Crippen LogP) is 1.12. The molecular formula is C12H15FO6S2. The number of carboxylic acid groups (broad SMARTS) is 1. The summed E-state index contributed by atoms with van der Waals surface area (Å²) in [5.41, 5.74) is -0.771. The van der Waals surface area contributed by atoms with Crippen molar-refractivity contribution < 1.29 is 31.1 Å². The van der Waals surface area contributed by atoms with Crippen LogP contribution in [-0.4, -0.2) is 45.2 Å². The van der Waals surface area contributed by atoms with Gasteiger partial charge < -0.3 is 5.11 Å². The molecule has 1 aromatic carbocycles. The lowest BCUT2D eigenvalue weighted by molar-refractivity contribution is 0.0691. The zero-order valence-electron chi connectivity index (χ0n) is 11.2. The topological polar surface area (TPSA) is 106 Å². The van der Waals surface area contributed by atoms with Crippen molar-refractivity contribution in [3.63, 3.8) is 0 Å². The summed E-state index contributed by atoms with van der Waals surface area (Å²) in [5, 5.41) is 8.75. The highest BCUT2D eigenvalue weighted by Gasteiger charge is 2.22. The van der Waals surface area contributed by atoms with Crippen molar-refractivity contribution in [1.29, 1.82) is 0 Å². The maximum Gasteiger partial charge on any atom is 0.338 e. The Kier molecular flexibility index (Phi) is 5.46. The number of carboxylic acids is 1. The molecule has 0 aromatic heterocycles. The van der Waals surface area contributed by atoms with E-state index in [9.17, 15) is 26.0 Å². The van der Waals surface area contributed by atoms with E-state index in [1.807, 2.05) is 0 Å². The number of carbonyl (C=O) groups is 1. The Balaban J connectivity index is 3.04. The fraction of sp³-hybridized carbons (Fsp3) is 0.417. The van der Waals surface area contributed by atoms with Crippen molar-refractivity contribution >= 4 is 25.6 Å². The summed E-state index contributed by atoms with van der Waals surface area (Å²) in [6.45, 7) is 1.66. The van der Waals surface area contributed by atoms with E-state index >= 15 is 0 Å². The Hall–Kier alpha value is -1.48. The van der Waals surface area contributed by atoms with Gasteiger partial charge in [-0.2, -0.15) is 0 Å². The van der Waals surface area contributed by atoms with Gasteiger partial charge in [-0.05, 0) is 24.6 Å². The summed E-state index contributed by atoms with van der Waals surface area (Å²) in [6.07, 6.45) is 0.377. The fourth-order valence-electron chi connectivity index (χ4n) is 1.63. The van der Waals surface area contributed by atoms with Gasteiger partial charge in [-0.25, -0.2) is 26.0 Å². The first-order valence-corrected chi connectivity index (χ1v) is 9.52. The first kappa shape index (κ1) is 17.6. The summed E-state index contributed by atoms with van der Waals surface area (Å²) in [7, 11) is -7.47. The minimum absolute atomic E-state index is 0.119. The van der Waals surface area contributed by atoms with Crippen molar-refractivity contribution in [3.05, 3.63) is 29.6 Å². The minimum Gasteiger partial charge on any atom is -0.478 e. The van der Waals surface area contributed by atoms with Crippen LogP contribution in [0.5, 0.6) is 0 Å². The van der Waals surface area contributed by atoms with Crippen LogP contribution >= 0.6 is 0 Å². The zero-order chi connectivity index (χ0) is 16.3. The van der Waals surface area contributed by atoms with Crippen molar-refractivity contribution in [2.45, 2.75) is 18.2 Å². The van der Waals surface area contributed by atoms with Crippen molar-refractivity contribution in [1.82, 2.24) is 0 Å². The van der Waals surface area contributed by atoms with Gasteiger partial charge in [-0.1, -0.05) is 6.92 Å². The number of hydrogen-bond donors (Lipinski definition) is 1. The molecule has 9 heteroatoms. The molecule has 0 fully saturated rings. The number of halogens is 1. The monoisotopic (exact) mass is 338 g/mol. The van der Waals surface area contributed by atoms with Crippen LogP contribution in [0.2, 0.25) is 0 Å². The summed E-state index contributed by atoms with van der Waals surface area (Å²) >= 11 is 0. The van der Waals surface area contributed by atoms with Crippen LogP contribution in [0.25, 0.3) is 0 Å². The van der Waals surface area contributed by atoms with Crippen LogP contribution in [0.15, 0.2) is 23.1 Å². The molecule has 118 valence electrons. The molecule has 0 saturated heterocycles. The number of hydrogen-bond acceptors (Lipinski definition) is 5. The Labute approximate surface area is 122 Å². The second kappa shape index (κ2) is 6.52. The van der Waals surface area contributed by atoms with E-state index in [-0.39, 0.29) is 5.75 Å². The zero-order valence-corrected chi connectivity index (χ0v) is 12.9. The van der Waals surface area contributed by atoms with Crippen molar-refractivity contribution in [3.8, 4) is 0 Å². The largest absolute Gasteiger partial charge is 0.478 e. The smallest absolute Gasteiger partial charge is 0.338 e. The van der Waals surface area contributed by atoms with Gasteiger partial charge in [0.15, 0.2) is 19.7 Å². The summed E-state index contributed by atoms with van der Waals surface area (Å²) < 4.78 is 60.2. The molecule has 0 radical (unpaired) electrons. The molecule has 0 saturated carbocycles. The lowest BCUT2D eigenvalue weighted by Gasteiger charge is -2.07. The van der Waals surface area contributed by atoms with Crippen LogP contribution in [0, 0.1) is 5.82 Å². The second-order valence-corrected chi connectivity index (χ2v) is 8.83. The normalized spacial score (nSPS) is 12.3. The Morgan fingerprint density at radius 2 is 1.76 bits per heavy atom.